The van der Waals surface area contributed by atoms with Crippen LogP contribution in [0.5, 0.6) is 0 Å². The lowest BCUT2D eigenvalue weighted by molar-refractivity contribution is -0.110. The Kier molecular flexibility index (Phi) is 3.48. The van der Waals surface area contributed by atoms with Gasteiger partial charge in [-0.15, -0.1) is 0 Å². The van der Waals surface area contributed by atoms with E-state index in [4.69, 9.17) is 0 Å². The average Bonchev–Trinajstić information content (AvgIpc) is 2.65. The van der Waals surface area contributed by atoms with E-state index in [9.17, 15) is 9.18 Å². The number of carbonyl (C=O) groups excluding carboxylic acids is 1. The Balaban J connectivity index is 2.12. The molecule has 1 N–H and O–H groups in total. The molecule has 1 amide bonds. The van der Waals surface area contributed by atoms with Gasteiger partial charge in [-0.1, -0.05) is 31.9 Å². The van der Waals surface area contributed by atoms with Gasteiger partial charge in [0.2, 0.25) is 0 Å². The van der Waals surface area contributed by atoms with E-state index in [1.807, 2.05) is 18.2 Å². The van der Waals surface area contributed by atoms with E-state index in [0.717, 1.165) is 14.5 Å². The van der Waals surface area contributed by atoms with Crippen molar-refractivity contribution in [3.63, 3.8) is 0 Å². The van der Waals surface area contributed by atoms with Crippen molar-refractivity contribution in [2.75, 3.05) is 5.32 Å². The van der Waals surface area contributed by atoms with Gasteiger partial charge in [-0.05, 0) is 48.0 Å². The van der Waals surface area contributed by atoms with Gasteiger partial charge >= 0.3 is 0 Å². The third-order valence-corrected chi connectivity index (χ3v) is 3.88. The molecule has 0 unspecified atom stereocenters. The highest BCUT2D eigenvalue weighted by atomic mass is 79.9. The lowest BCUT2D eigenvalue weighted by Crippen LogP contribution is -2.03. The van der Waals surface area contributed by atoms with E-state index in [-0.39, 0.29) is 11.7 Å². The Morgan fingerprint density at radius 3 is 2.45 bits per heavy atom. The van der Waals surface area contributed by atoms with Crippen LogP contribution in [-0.4, -0.2) is 5.91 Å². The van der Waals surface area contributed by atoms with Gasteiger partial charge < -0.3 is 5.32 Å². The number of hydrogen-bond acceptors (Lipinski definition) is 1. The van der Waals surface area contributed by atoms with Gasteiger partial charge in [0.25, 0.3) is 5.91 Å². The zero-order valence-electron chi connectivity index (χ0n) is 10.1. The lowest BCUT2D eigenvalue weighted by atomic mass is 10.0. The van der Waals surface area contributed by atoms with Crippen molar-refractivity contribution in [1.82, 2.24) is 0 Å². The summed E-state index contributed by atoms with van der Waals surface area (Å²) in [6.45, 7) is 0. The van der Waals surface area contributed by atoms with Crippen LogP contribution < -0.4 is 5.32 Å². The molecule has 0 aliphatic carbocycles. The topological polar surface area (TPSA) is 29.1 Å². The van der Waals surface area contributed by atoms with Gasteiger partial charge in [0.05, 0.1) is 0 Å². The van der Waals surface area contributed by atoms with Gasteiger partial charge in [-0.3, -0.25) is 4.79 Å². The fraction of sp³-hybridized carbons (Fsp3) is 0. The first-order valence-corrected chi connectivity index (χ1v) is 7.40. The summed E-state index contributed by atoms with van der Waals surface area (Å²) >= 11 is 6.80. The summed E-state index contributed by atoms with van der Waals surface area (Å²) in [6, 6.07) is 9.96. The predicted molar refractivity (Wildman–Crippen MR) is 84.7 cm³/mol. The highest BCUT2D eigenvalue weighted by Gasteiger charge is 2.24. The molecule has 0 radical (unpaired) electrons. The van der Waals surface area contributed by atoms with Crippen LogP contribution in [0, 0.1) is 5.82 Å². The van der Waals surface area contributed by atoms with Gasteiger partial charge in [-0.25, -0.2) is 4.39 Å². The Hall–Kier alpha value is -1.46. The van der Waals surface area contributed by atoms with Crippen LogP contribution in [0.2, 0.25) is 0 Å². The van der Waals surface area contributed by atoms with Crippen molar-refractivity contribution in [1.29, 1.82) is 0 Å². The number of nitrogens with one attached hydrogen (secondary N) is 1. The van der Waals surface area contributed by atoms with Gasteiger partial charge in [0, 0.05) is 25.8 Å². The smallest absolute Gasteiger partial charge is 0.256 e. The molecule has 0 bridgehead atoms. The quantitative estimate of drug-likeness (QED) is 0.686. The summed E-state index contributed by atoms with van der Waals surface area (Å²) in [7, 11) is 0. The minimum atomic E-state index is -0.360. The molecule has 0 atom stereocenters. The molecule has 20 heavy (non-hydrogen) atoms. The van der Waals surface area contributed by atoms with Crippen LogP contribution >= 0.6 is 31.9 Å². The second-order valence-corrected chi connectivity index (χ2v) is 6.24. The summed E-state index contributed by atoms with van der Waals surface area (Å²) in [5, 5.41) is 2.73. The standard InChI is InChI=1S/C15H8Br2FNO/c16-9-3-8(4-10(17)6-9)5-13-12-7-11(18)1-2-14(12)19-15(13)20/h1-7H,(H,19,20)/b13-5+. The van der Waals surface area contributed by atoms with Gasteiger partial charge in [0.1, 0.15) is 5.82 Å². The van der Waals surface area contributed by atoms with Crippen molar-refractivity contribution in [2.24, 2.45) is 0 Å². The number of rotatable bonds is 1. The maximum absolute atomic E-state index is 13.3. The molecular weight excluding hydrogens is 389 g/mol. The van der Waals surface area contributed by atoms with Crippen molar-refractivity contribution >= 4 is 55.1 Å². The van der Waals surface area contributed by atoms with E-state index < -0.39 is 0 Å². The van der Waals surface area contributed by atoms with Gasteiger partial charge in [-0.2, -0.15) is 0 Å². The second kappa shape index (κ2) is 5.14. The number of fused-ring (bicyclic) bond motifs is 1. The van der Waals surface area contributed by atoms with Crippen molar-refractivity contribution in [2.45, 2.75) is 0 Å². The Morgan fingerprint density at radius 1 is 1.05 bits per heavy atom. The number of anilines is 1. The maximum Gasteiger partial charge on any atom is 0.256 e. The van der Waals surface area contributed by atoms with E-state index in [1.54, 1.807) is 12.1 Å². The monoisotopic (exact) mass is 395 g/mol. The Morgan fingerprint density at radius 2 is 1.75 bits per heavy atom. The normalized spacial score (nSPS) is 15.3. The number of benzene rings is 2. The fourth-order valence-electron chi connectivity index (χ4n) is 2.13. The van der Waals surface area contributed by atoms with Crippen LogP contribution in [0.1, 0.15) is 11.1 Å². The van der Waals surface area contributed by atoms with E-state index in [1.165, 1.54) is 12.1 Å². The largest absolute Gasteiger partial charge is 0.321 e. The molecule has 1 aliphatic rings. The first-order valence-electron chi connectivity index (χ1n) is 5.82. The molecule has 2 aromatic carbocycles. The molecule has 0 aromatic heterocycles. The van der Waals surface area contributed by atoms with Crippen molar-refractivity contribution in [3.8, 4) is 0 Å². The van der Waals surface area contributed by atoms with Crippen LogP contribution in [0.4, 0.5) is 10.1 Å². The molecule has 0 saturated carbocycles. The number of halogens is 3. The molecule has 0 fully saturated rings. The predicted octanol–water partition coefficient (Wildman–Crippen LogP) is 4.84. The Bertz CT molecular complexity index is 735. The third-order valence-electron chi connectivity index (χ3n) is 2.96. The molecule has 100 valence electrons. The molecule has 2 aromatic rings. The summed E-state index contributed by atoms with van der Waals surface area (Å²) < 4.78 is 15.1. The SMILES string of the molecule is O=C1Nc2ccc(F)cc2/C1=C\c1cc(Br)cc(Br)c1. The highest BCUT2D eigenvalue weighted by Crippen LogP contribution is 2.34. The second-order valence-electron chi connectivity index (χ2n) is 4.40. The summed E-state index contributed by atoms with van der Waals surface area (Å²) in [5.41, 5.74) is 2.54. The fourth-order valence-corrected chi connectivity index (χ4v) is 3.46. The average molecular weight is 397 g/mol. The minimum Gasteiger partial charge on any atom is -0.321 e. The van der Waals surface area contributed by atoms with Gasteiger partial charge in [0.15, 0.2) is 0 Å². The van der Waals surface area contributed by atoms with E-state index >= 15 is 0 Å². The molecule has 5 heteroatoms. The lowest BCUT2D eigenvalue weighted by Gasteiger charge is -2.01. The van der Waals surface area contributed by atoms with Crippen LogP contribution in [0.3, 0.4) is 0 Å². The first-order chi connectivity index (χ1) is 9.52. The molecule has 0 spiro atoms. The number of carbonyl (C=O) groups is 1. The highest BCUT2D eigenvalue weighted by molar-refractivity contribution is 9.11. The molecule has 3 rings (SSSR count). The maximum atomic E-state index is 13.3. The van der Waals surface area contributed by atoms with Crippen LogP contribution in [-0.2, 0) is 4.79 Å². The van der Waals surface area contributed by atoms with Crippen LogP contribution in [0.25, 0.3) is 11.6 Å². The summed E-state index contributed by atoms with van der Waals surface area (Å²) in [6.07, 6.45) is 1.75. The number of amides is 1. The summed E-state index contributed by atoms with van der Waals surface area (Å²) in [4.78, 5) is 12.0. The van der Waals surface area contributed by atoms with E-state index in [0.29, 0.717) is 16.8 Å². The first kappa shape index (κ1) is 13.5. The minimum absolute atomic E-state index is 0.221. The summed E-state index contributed by atoms with van der Waals surface area (Å²) in [5.74, 6) is -0.580. The van der Waals surface area contributed by atoms with E-state index in [2.05, 4.69) is 37.2 Å². The molecule has 1 heterocycles. The van der Waals surface area contributed by atoms with Crippen LogP contribution in [0.15, 0.2) is 45.3 Å². The molecular formula is C15H8Br2FNO. The Labute approximate surface area is 131 Å². The van der Waals surface area contributed by atoms with Crippen molar-refractivity contribution in [3.05, 3.63) is 62.3 Å². The molecule has 1 aliphatic heterocycles. The zero-order chi connectivity index (χ0) is 14.3. The molecule has 0 saturated heterocycles. The molecule has 2 nitrogen and oxygen atoms in total. The third kappa shape index (κ3) is 2.55. The zero-order valence-corrected chi connectivity index (χ0v) is 13.3. The number of hydrogen-bond donors (Lipinski definition) is 1. The van der Waals surface area contributed by atoms with Crippen molar-refractivity contribution < 1.29 is 9.18 Å².